The quantitative estimate of drug-likeness (QED) is 0.605. The number of carbonyl (C=O) groups is 1. The van der Waals surface area contributed by atoms with Crippen molar-refractivity contribution in [1.29, 1.82) is 0 Å². The SMILES string of the molecule is CC(N)C(C)C(=O)NCCCCN(C)C. The lowest BCUT2D eigenvalue weighted by molar-refractivity contribution is -0.124. The molecule has 0 aromatic carbocycles. The second kappa shape index (κ2) is 7.65. The third kappa shape index (κ3) is 7.33. The smallest absolute Gasteiger partial charge is 0.224 e. The minimum absolute atomic E-state index is 0.0647. The van der Waals surface area contributed by atoms with Gasteiger partial charge in [0.1, 0.15) is 0 Å². The molecule has 15 heavy (non-hydrogen) atoms. The first kappa shape index (κ1) is 14.4. The maximum Gasteiger partial charge on any atom is 0.224 e. The van der Waals surface area contributed by atoms with Gasteiger partial charge in [-0.3, -0.25) is 4.79 Å². The average molecular weight is 215 g/mol. The van der Waals surface area contributed by atoms with E-state index in [0.717, 1.165) is 25.9 Å². The van der Waals surface area contributed by atoms with Crippen LogP contribution in [-0.2, 0) is 4.79 Å². The van der Waals surface area contributed by atoms with Crippen molar-refractivity contribution in [2.75, 3.05) is 27.2 Å². The van der Waals surface area contributed by atoms with Crippen molar-refractivity contribution in [2.45, 2.75) is 32.7 Å². The number of nitrogens with zero attached hydrogens (tertiary/aromatic N) is 1. The van der Waals surface area contributed by atoms with Gasteiger partial charge in [0, 0.05) is 18.5 Å². The fourth-order valence-electron chi connectivity index (χ4n) is 1.16. The number of amides is 1. The minimum Gasteiger partial charge on any atom is -0.356 e. The van der Waals surface area contributed by atoms with Crippen molar-refractivity contribution in [1.82, 2.24) is 10.2 Å². The van der Waals surface area contributed by atoms with Crippen LogP contribution in [0.2, 0.25) is 0 Å². The highest BCUT2D eigenvalue weighted by Gasteiger charge is 2.15. The summed E-state index contributed by atoms with van der Waals surface area (Å²) in [4.78, 5) is 13.6. The van der Waals surface area contributed by atoms with Crippen molar-refractivity contribution < 1.29 is 4.79 Å². The van der Waals surface area contributed by atoms with Gasteiger partial charge >= 0.3 is 0 Å². The summed E-state index contributed by atoms with van der Waals surface area (Å²) in [5.41, 5.74) is 5.64. The highest BCUT2D eigenvalue weighted by molar-refractivity contribution is 5.78. The molecule has 0 aliphatic rings. The molecule has 4 heteroatoms. The third-order valence-corrected chi connectivity index (χ3v) is 2.53. The summed E-state index contributed by atoms with van der Waals surface area (Å²) in [6.07, 6.45) is 2.13. The number of hydrogen-bond donors (Lipinski definition) is 2. The fraction of sp³-hybridized carbons (Fsp3) is 0.909. The summed E-state index contributed by atoms with van der Waals surface area (Å²) < 4.78 is 0. The van der Waals surface area contributed by atoms with Crippen molar-refractivity contribution >= 4 is 5.91 Å². The molecule has 0 heterocycles. The van der Waals surface area contributed by atoms with Crippen LogP contribution in [0.25, 0.3) is 0 Å². The predicted molar refractivity (Wildman–Crippen MR) is 63.6 cm³/mol. The van der Waals surface area contributed by atoms with Crippen LogP contribution < -0.4 is 11.1 Å². The standard InChI is InChI=1S/C11H25N3O/c1-9(10(2)12)11(15)13-7-5-6-8-14(3)4/h9-10H,5-8,12H2,1-4H3,(H,13,15). The number of hydrogen-bond acceptors (Lipinski definition) is 3. The summed E-state index contributed by atoms with van der Waals surface area (Å²) in [6.45, 7) is 5.54. The van der Waals surface area contributed by atoms with E-state index in [0.29, 0.717) is 0 Å². The molecule has 90 valence electrons. The first-order valence-electron chi connectivity index (χ1n) is 5.63. The topological polar surface area (TPSA) is 58.4 Å². The van der Waals surface area contributed by atoms with Crippen LogP contribution in [0.5, 0.6) is 0 Å². The average Bonchev–Trinajstić information content (AvgIpc) is 2.15. The van der Waals surface area contributed by atoms with Gasteiger partial charge < -0.3 is 16.0 Å². The van der Waals surface area contributed by atoms with E-state index in [4.69, 9.17) is 5.73 Å². The lowest BCUT2D eigenvalue weighted by Crippen LogP contribution is -2.39. The second-order valence-corrected chi connectivity index (χ2v) is 4.45. The van der Waals surface area contributed by atoms with E-state index in [9.17, 15) is 4.79 Å². The van der Waals surface area contributed by atoms with Crippen molar-refractivity contribution in [3.05, 3.63) is 0 Å². The Morgan fingerprint density at radius 2 is 1.93 bits per heavy atom. The predicted octanol–water partition coefficient (Wildman–Crippen LogP) is 0.428. The highest BCUT2D eigenvalue weighted by atomic mass is 16.1. The molecule has 0 bridgehead atoms. The molecule has 0 saturated carbocycles. The van der Waals surface area contributed by atoms with Crippen molar-refractivity contribution in [3.63, 3.8) is 0 Å². The zero-order chi connectivity index (χ0) is 11.8. The molecular formula is C11H25N3O. The maximum atomic E-state index is 11.5. The molecule has 0 aliphatic carbocycles. The normalized spacial score (nSPS) is 15.1. The largest absolute Gasteiger partial charge is 0.356 e. The molecule has 2 atom stereocenters. The van der Waals surface area contributed by atoms with Gasteiger partial charge in [-0.15, -0.1) is 0 Å². The molecule has 1 amide bonds. The van der Waals surface area contributed by atoms with Crippen LogP contribution in [0.4, 0.5) is 0 Å². The van der Waals surface area contributed by atoms with Crippen LogP contribution in [-0.4, -0.2) is 44.0 Å². The minimum atomic E-state index is -0.0983. The van der Waals surface area contributed by atoms with Crippen LogP contribution >= 0.6 is 0 Å². The Morgan fingerprint density at radius 3 is 2.40 bits per heavy atom. The van der Waals surface area contributed by atoms with E-state index in [1.807, 2.05) is 13.8 Å². The van der Waals surface area contributed by atoms with Gasteiger partial charge in [-0.25, -0.2) is 0 Å². The first-order valence-corrected chi connectivity index (χ1v) is 5.63. The van der Waals surface area contributed by atoms with Crippen LogP contribution in [0, 0.1) is 5.92 Å². The molecule has 0 aromatic heterocycles. The summed E-state index contributed by atoms with van der Waals surface area (Å²) in [5.74, 6) is -0.0336. The summed E-state index contributed by atoms with van der Waals surface area (Å²) in [7, 11) is 4.10. The van der Waals surface area contributed by atoms with Gasteiger partial charge in [-0.05, 0) is 40.4 Å². The van der Waals surface area contributed by atoms with E-state index in [-0.39, 0.29) is 17.9 Å². The molecule has 3 N–H and O–H groups in total. The van der Waals surface area contributed by atoms with Crippen molar-refractivity contribution in [3.8, 4) is 0 Å². The fourth-order valence-corrected chi connectivity index (χ4v) is 1.16. The molecule has 2 unspecified atom stereocenters. The first-order chi connectivity index (χ1) is 6.95. The summed E-state index contributed by atoms with van der Waals surface area (Å²) in [6, 6.07) is -0.0771. The molecule has 0 fully saturated rings. The second-order valence-electron chi connectivity index (χ2n) is 4.45. The number of unbranched alkanes of at least 4 members (excludes halogenated alkanes) is 1. The molecule has 0 spiro atoms. The Hall–Kier alpha value is -0.610. The van der Waals surface area contributed by atoms with E-state index in [1.165, 1.54) is 0 Å². The van der Waals surface area contributed by atoms with E-state index < -0.39 is 0 Å². The maximum absolute atomic E-state index is 11.5. The third-order valence-electron chi connectivity index (χ3n) is 2.53. The number of nitrogens with two attached hydrogens (primary N) is 1. The van der Waals surface area contributed by atoms with Crippen LogP contribution in [0.1, 0.15) is 26.7 Å². The molecule has 0 radical (unpaired) electrons. The zero-order valence-electron chi connectivity index (χ0n) is 10.4. The van der Waals surface area contributed by atoms with Crippen LogP contribution in [0.15, 0.2) is 0 Å². The lowest BCUT2D eigenvalue weighted by Gasteiger charge is -2.15. The summed E-state index contributed by atoms with van der Waals surface area (Å²) >= 11 is 0. The Kier molecular flexibility index (Phi) is 7.34. The van der Waals surface area contributed by atoms with Gasteiger partial charge in [-0.2, -0.15) is 0 Å². The molecule has 0 rings (SSSR count). The van der Waals surface area contributed by atoms with E-state index in [2.05, 4.69) is 24.3 Å². The number of nitrogens with one attached hydrogen (secondary N) is 1. The molecule has 0 aliphatic heterocycles. The monoisotopic (exact) mass is 215 g/mol. The highest BCUT2D eigenvalue weighted by Crippen LogP contribution is 1.99. The van der Waals surface area contributed by atoms with Gasteiger partial charge in [0.15, 0.2) is 0 Å². The Morgan fingerprint density at radius 1 is 1.33 bits per heavy atom. The van der Waals surface area contributed by atoms with Gasteiger partial charge in [0.25, 0.3) is 0 Å². The molecular weight excluding hydrogens is 190 g/mol. The summed E-state index contributed by atoms with van der Waals surface area (Å²) in [5, 5.41) is 2.90. The van der Waals surface area contributed by atoms with Gasteiger partial charge in [-0.1, -0.05) is 6.92 Å². The Labute approximate surface area is 93.2 Å². The number of carbonyl (C=O) groups excluding carboxylic acids is 1. The van der Waals surface area contributed by atoms with Gasteiger partial charge in [0.2, 0.25) is 5.91 Å². The molecule has 0 aromatic rings. The lowest BCUT2D eigenvalue weighted by atomic mass is 10.0. The van der Waals surface area contributed by atoms with Crippen molar-refractivity contribution in [2.24, 2.45) is 11.7 Å². The Bertz CT molecular complexity index is 181. The zero-order valence-corrected chi connectivity index (χ0v) is 10.4. The molecule has 0 saturated heterocycles. The molecule has 4 nitrogen and oxygen atoms in total. The van der Waals surface area contributed by atoms with E-state index >= 15 is 0 Å². The Balaban J connectivity index is 3.47. The van der Waals surface area contributed by atoms with E-state index in [1.54, 1.807) is 0 Å². The number of rotatable bonds is 7. The van der Waals surface area contributed by atoms with Crippen LogP contribution in [0.3, 0.4) is 0 Å². The van der Waals surface area contributed by atoms with Gasteiger partial charge in [0.05, 0.1) is 0 Å².